The molecular formula is C11H15ClO. The second-order valence-corrected chi connectivity index (χ2v) is 3.37. The first-order valence-electron chi connectivity index (χ1n) is 4.69. The minimum Gasteiger partial charge on any atom is -0.492 e. The number of halogens is 1. The molecule has 0 bridgehead atoms. The molecule has 0 fully saturated rings. The van der Waals surface area contributed by atoms with Crippen molar-refractivity contribution in [2.24, 2.45) is 0 Å². The van der Waals surface area contributed by atoms with E-state index < -0.39 is 0 Å². The lowest BCUT2D eigenvalue weighted by molar-refractivity contribution is 0.317. The van der Waals surface area contributed by atoms with E-state index in [0.29, 0.717) is 5.02 Å². The molecule has 13 heavy (non-hydrogen) atoms. The van der Waals surface area contributed by atoms with Crippen molar-refractivity contribution in [1.82, 2.24) is 0 Å². The number of aryl methyl sites for hydroxylation is 1. The van der Waals surface area contributed by atoms with Gasteiger partial charge in [0.25, 0.3) is 0 Å². The Bertz CT molecular complexity index is 271. The summed E-state index contributed by atoms with van der Waals surface area (Å²) < 4.78 is 5.45. The normalized spacial score (nSPS) is 10.1. The van der Waals surface area contributed by atoms with E-state index in [1.54, 1.807) is 0 Å². The zero-order chi connectivity index (χ0) is 9.68. The minimum atomic E-state index is 0.716. The molecule has 2 heteroatoms. The average molecular weight is 199 g/mol. The van der Waals surface area contributed by atoms with Crippen LogP contribution in [0, 0.1) is 0 Å². The maximum Gasteiger partial charge on any atom is 0.137 e. The third kappa shape index (κ3) is 2.92. The van der Waals surface area contributed by atoms with E-state index in [-0.39, 0.29) is 0 Å². The van der Waals surface area contributed by atoms with Crippen LogP contribution in [0.4, 0.5) is 0 Å². The molecule has 0 saturated heterocycles. The molecule has 0 aliphatic carbocycles. The smallest absolute Gasteiger partial charge is 0.137 e. The van der Waals surface area contributed by atoms with Crippen LogP contribution >= 0.6 is 11.6 Å². The molecule has 0 aliphatic rings. The van der Waals surface area contributed by atoms with Crippen molar-refractivity contribution in [1.29, 1.82) is 0 Å². The van der Waals surface area contributed by atoms with Gasteiger partial charge in [-0.15, -0.1) is 0 Å². The van der Waals surface area contributed by atoms with E-state index in [1.165, 1.54) is 5.56 Å². The maximum atomic E-state index is 6.02. The van der Waals surface area contributed by atoms with Crippen LogP contribution in [0.25, 0.3) is 0 Å². The molecule has 0 atom stereocenters. The van der Waals surface area contributed by atoms with Gasteiger partial charge in [0, 0.05) is 0 Å². The van der Waals surface area contributed by atoms with Gasteiger partial charge in [0.05, 0.1) is 11.6 Å². The fraction of sp³-hybridized carbons (Fsp3) is 0.455. The quantitative estimate of drug-likeness (QED) is 0.717. The van der Waals surface area contributed by atoms with E-state index in [4.69, 9.17) is 16.3 Å². The zero-order valence-electron chi connectivity index (χ0n) is 8.14. The number of hydrogen-bond acceptors (Lipinski definition) is 1. The van der Waals surface area contributed by atoms with Gasteiger partial charge < -0.3 is 4.74 Å². The highest BCUT2D eigenvalue weighted by atomic mass is 35.5. The molecule has 0 amide bonds. The van der Waals surface area contributed by atoms with Crippen molar-refractivity contribution in [2.45, 2.75) is 26.7 Å². The van der Waals surface area contributed by atoms with Crippen molar-refractivity contribution in [3.8, 4) is 5.75 Å². The predicted octanol–water partition coefficient (Wildman–Crippen LogP) is 3.69. The fourth-order valence-corrected chi connectivity index (χ4v) is 1.35. The van der Waals surface area contributed by atoms with Crippen molar-refractivity contribution in [2.75, 3.05) is 6.61 Å². The number of hydrogen-bond donors (Lipinski definition) is 0. The molecular weight excluding hydrogens is 184 g/mol. The molecule has 0 aromatic heterocycles. The third-order valence-corrected chi connectivity index (χ3v) is 2.16. The Hall–Kier alpha value is -0.690. The van der Waals surface area contributed by atoms with Gasteiger partial charge in [-0.2, -0.15) is 0 Å². The van der Waals surface area contributed by atoms with Gasteiger partial charge in [0.2, 0.25) is 0 Å². The second kappa shape index (κ2) is 5.13. The molecule has 1 aromatic rings. The summed E-state index contributed by atoms with van der Waals surface area (Å²) in [5.41, 5.74) is 1.24. The predicted molar refractivity (Wildman–Crippen MR) is 56.6 cm³/mol. The average Bonchev–Trinajstić information content (AvgIpc) is 2.16. The first kappa shape index (κ1) is 10.4. The van der Waals surface area contributed by atoms with E-state index >= 15 is 0 Å². The van der Waals surface area contributed by atoms with Crippen molar-refractivity contribution < 1.29 is 4.74 Å². The first-order valence-corrected chi connectivity index (χ1v) is 5.07. The Labute approximate surface area is 84.7 Å². The summed E-state index contributed by atoms with van der Waals surface area (Å²) in [6.07, 6.45) is 2.01. The first-order chi connectivity index (χ1) is 6.27. The molecule has 0 aliphatic heterocycles. The van der Waals surface area contributed by atoms with Gasteiger partial charge in [-0.05, 0) is 30.5 Å². The highest BCUT2D eigenvalue weighted by Gasteiger charge is 2.01. The van der Waals surface area contributed by atoms with E-state index in [9.17, 15) is 0 Å². The summed E-state index contributed by atoms with van der Waals surface area (Å²) in [5, 5.41) is 0.716. The maximum absolute atomic E-state index is 6.02. The molecule has 0 radical (unpaired) electrons. The van der Waals surface area contributed by atoms with Gasteiger partial charge in [-0.25, -0.2) is 0 Å². The summed E-state index contributed by atoms with van der Waals surface area (Å²) in [7, 11) is 0. The number of rotatable bonds is 4. The summed E-state index contributed by atoms with van der Waals surface area (Å²) in [5.74, 6) is 0.792. The third-order valence-electron chi connectivity index (χ3n) is 1.87. The van der Waals surface area contributed by atoms with Crippen LogP contribution in [0.5, 0.6) is 5.75 Å². The van der Waals surface area contributed by atoms with Crippen LogP contribution in [-0.2, 0) is 6.42 Å². The van der Waals surface area contributed by atoms with Crippen LogP contribution in [0.3, 0.4) is 0 Å². The van der Waals surface area contributed by atoms with Crippen LogP contribution < -0.4 is 4.74 Å². The lowest BCUT2D eigenvalue weighted by Crippen LogP contribution is -1.95. The topological polar surface area (TPSA) is 9.23 Å². The molecule has 0 heterocycles. The van der Waals surface area contributed by atoms with E-state index in [0.717, 1.165) is 25.2 Å². The monoisotopic (exact) mass is 198 g/mol. The highest BCUT2D eigenvalue weighted by Crippen LogP contribution is 2.25. The summed E-state index contributed by atoms with van der Waals surface area (Å²) in [6, 6.07) is 5.96. The molecule has 1 aromatic carbocycles. The summed E-state index contributed by atoms with van der Waals surface area (Å²) in [6.45, 7) is 4.91. The van der Waals surface area contributed by atoms with Gasteiger partial charge >= 0.3 is 0 Å². The zero-order valence-corrected chi connectivity index (χ0v) is 8.90. The van der Waals surface area contributed by atoms with Gasteiger partial charge in [0.1, 0.15) is 5.75 Å². The summed E-state index contributed by atoms with van der Waals surface area (Å²) in [4.78, 5) is 0. The van der Waals surface area contributed by atoms with Gasteiger partial charge in [0.15, 0.2) is 0 Å². The Morgan fingerprint density at radius 1 is 1.31 bits per heavy atom. The molecule has 1 rings (SSSR count). The van der Waals surface area contributed by atoms with Gasteiger partial charge in [-0.3, -0.25) is 0 Å². The van der Waals surface area contributed by atoms with Crippen molar-refractivity contribution >= 4 is 11.6 Å². The van der Waals surface area contributed by atoms with Crippen molar-refractivity contribution in [3.63, 3.8) is 0 Å². The van der Waals surface area contributed by atoms with Crippen LogP contribution in [-0.4, -0.2) is 6.61 Å². The Morgan fingerprint density at radius 2 is 2.08 bits per heavy atom. The Balaban J connectivity index is 2.73. The minimum absolute atomic E-state index is 0.716. The molecule has 0 spiro atoms. The molecule has 0 saturated carbocycles. The van der Waals surface area contributed by atoms with E-state index in [2.05, 4.69) is 19.9 Å². The van der Waals surface area contributed by atoms with Crippen LogP contribution in [0.15, 0.2) is 18.2 Å². The lowest BCUT2D eigenvalue weighted by Gasteiger charge is -2.07. The molecule has 1 nitrogen and oxygen atoms in total. The van der Waals surface area contributed by atoms with Crippen LogP contribution in [0.2, 0.25) is 5.02 Å². The number of ether oxygens (including phenoxy) is 1. The van der Waals surface area contributed by atoms with Crippen molar-refractivity contribution in [3.05, 3.63) is 28.8 Å². The second-order valence-electron chi connectivity index (χ2n) is 2.97. The number of benzene rings is 1. The molecule has 72 valence electrons. The Morgan fingerprint density at radius 3 is 2.62 bits per heavy atom. The van der Waals surface area contributed by atoms with E-state index in [1.807, 2.05) is 12.1 Å². The van der Waals surface area contributed by atoms with Crippen LogP contribution in [0.1, 0.15) is 25.8 Å². The Kier molecular flexibility index (Phi) is 4.10. The largest absolute Gasteiger partial charge is 0.492 e. The molecule has 0 N–H and O–H groups in total. The van der Waals surface area contributed by atoms with Gasteiger partial charge in [-0.1, -0.05) is 31.5 Å². The standard InChI is InChI=1S/C11H15ClO/c1-3-7-13-11-6-5-9(4-2)8-10(11)12/h5-6,8H,3-4,7H2,1-2H3. The summed E-state index contributed by atoms with van der Waals surface area (Å²) >= 11 is 6.02. The fourth-order valence-electron chi connectivity index (χ4n) is 1.09. The SMILES string of the molecule is CCCOc1ccc(CC)cc1Cl. The molecule has 0 unspecified atom stereocenters. The lowest BCUT2D eigenvalue weighted by atomic mass is 10.2. The highest BCUT2D eigenvalue weighted by molar-refractivity contribution is 6.32.